The molecule has 1 saturated carbocycles. The molecule has 1 aromatic heterocycles. The van der Waals surface area contributed by atoms with Crippen LogP contribution < -0.4 is 11.1 Å². The predicted molar refractivity (Wildman–Crippen MR) is 79.5 cm³/mol. The number of carbonyl (C=O) groups excluding carboxylic acids is 1. The van der Waals surface area contributed by atoms with E-state index >= 15 is 0 Å². The second-order valence-corrected chi connectivity index (χ2v) is 5.75. The van der Waals surface area contributed by atoms with Crippen molar-refractivity contribution in [2.75, 3.05) is 13.1 Å². The van der Waals surface area contributed by atoms with E-state index in [0.29, 0.717) is 18.7 Å². The Balaban J connectivity index is 1.76. The van der Waals surface area contributed by atoms with Crippen molar-refractivity contribution < 1.29 is 4.79 Å². The highest BCUT2D eigenvalue weighted by molar-refractivity contribution is 5.97. The molecule has 1 fully saturated rings. The Morgan fingerprint density at radius 3 is 2.85 bits per heavy atom. The highest BCUT2D eigenvalue weighted by atomic mass is 16.1. The fourth-order valence-electron chi connectivity index (χ4n) is 2.37. The molecule has 4 nitrogen and oxygen atoms in total. The lowest BCUT2D eigenvalue weighted by atomic mass is 10.1. The molecule has 0 unspecified atom stereocenters. The van der Waals surface area contributed by atoms with Crippen LogP contribution in [0.2, 0.25) is 0 Å². The maximum atomic E-state index is 12.2. The first-order valence-corrected chi connectivity index (χ1v) is 6.98. The first-order chi connectivity index (χ1) is 9.62. The second kappa shape index (κ2) is 4.87. The molecule has 1 heterocycles. The van der Waals surface area contributed by atoms with E-state index in [9.17, 15) is 4.79 Å². The molecule has 1 aliphatic carbocycles. The van der Waals surface area contributed by atoms with Crippen LogP contribution in [-0.2, 0) is 0 Å². The summed E-state index contributed by atoms with van der Waals surface area (Å²) in [5.74, 6) is -0.0350. The molecule has 0 radical (unpaired) electrons. The van der Waals surface area contributed by atoms with Crippen LogP contribution in [0.4, 0.5) is 0 Å². The van der Waals surface area contributed by atoms with Crippen molar-refractivity contribution in [1.82, 2.24) is 10.3 Å². The average molecular weight is 269 g/mol. The third-order valence-electron chi connectivity index (χ3n) is 4.10. The van der Waals surface area contributed by atoms with Crippen molar-refractivity contribution in [2.45, 2.75) is 19.8 Å². The van der Waals surface area contributed by atoms with Gasteiger partial charge in [-0.25, -0.2) is 0 Å². The van der Waals surface area contributed by atoms with Gasteiger partial charge in [0.2, 0.25) is 0 Å². The summed E-state index contributed by atoms with van der Waals surface area (Å²) in [6, 6.07) is 9.56. The Morgan fingerprint density at radius 2 is 2.15 bits per heavy atom. The van der Waals surface area contributed by atoms with Gasteiger partial charge in [0.1, 0.15) is 0 Å². The number of nitrogens with two attached hydrogens (primary N) is 1. The first-order valence-electron chi connectivity index (χ1n) is 6.98. The summed E-state index contributed by atoms with van der Waals surface area (Å²) in [7, 11) is 0. The summed E-state index contributed by atoms with van der Waals surface area (Å²) >= 11 is 0. The molecule has 104 valence electrons. The molecular weight excluding hydrogens is 250 g/mol. The zero-order valence-corrected chi connectivity index (χ0v) is 11.6. The summed E-state index contributed by atoms with van der Waals surface area (Å²) in [5, 5.41) is 3.98. The second-order valence-electron chi connectivity index (χ2n) is 5.75. The van der Waals surface area contributed by atoms with Crippen LogP contribution >= 0.6 is 0 Å². The number of aryl methyl sites for hydroxylation is 1. The van der Waals surface area contributed by atoms with Gasteiger partial charge in [-0.05, 0) is 50.6 Å². The zero-order chi connectivity index (χ0) is 14.2. The van der Waals surface area contributed by atoms with Crippen LogP contribution in [0, 0.1) is 12.3 Å². The molecule has 20 heavy (non-hydrogen) atoms. The van der Waals surface area contributed by atoms with Crippen molar-refractivity contribution >= 4 is 16.8 Å². The molecule has 0 bridgehead atoms. The lowest BCUT2D eigenvalue weighted by molar-refractivity contribution is 0.0945. The number of rotatable bonds is 4. The van der Waals surface area contributed by atoms with Crippen molar-refractivity contribution in [3.8, 4) is 0 Å². The maximum Gasteiger partial charge on any atom is 0.251 e. The minimum Gasteiger partial charge on any atom is -0.351 e. The van der Waals surface area contributed by atoms with E-state index in [0.717, 1.165) is 29.4 Å². The Bertz CT molecular complexity index is 662. The van der Waals surface area contributed by atoms with Crippen LogP contribution in [0.1, 0.15) is 28.9 Å². The van der Waals surface area contributed by atoms with Crippen LogP contribution in [0.3, 0.4) is 0 Å². The third kappa shape index (κ3) is 2.51. The van der Waals surface area contributed by atoms with Gasteiger partial charge in [0.15, 0.2) is 0 Å². The Labute approximate surface area is 118 Å². The van der Waals surface area contributed by atoms with Crippen molar-refractivity contribution in [2.24, 2.45) is 11.1 Å². The number of hydrogen-bond donors (Lipinski definition) is 2. The van der Waals surface area contributed by atoms with Gasteiger partial charge in [-0.1, -0.05) is 6.07 Å². The number of amides is 1. The number of aromatic nitrogens is 1. The topological polar surface area (TPSA) is 68.0 Å². The molecule has 1 aliphatic rings. The van der Waals surface area contributed by atoms with Crippen LogP contribution in [0.15, 0.2) is 30.3 Å². The number of carbonyl (C=O) groups is 1. The number of fused-ring (bicyclic) bond motifs is 1. The Kier molecular flexibility index (Phi) is 3.18. The van der Waals surface area contributed by atoms with Crippen molar-refractivity contribution in [1.29, 1.82) is 0 Å². The fourth-order valence-corrected chi connectivity index (χ4v) is 2.37. The monoisotopic (exact) mass is 269 g/mol. The molecule has 0 aliphatic heterocycles. The molecule has 1 aromatic carbocycles. The van der Waals surface area contributed by atoms with E-state index in [-0.39, 0.29) is 11.3 Å². The molecule has 1 amide bonds. The number of nitrogens with zero attached hydrogens (tertiary/aromatic N) is 1. The lowest BCUT2D eigenvalue weighted by Gasteiger charge is -2.13. The summed E-state index contributed by atoms with van der Waals surface area (Å²) < 4.78 is 0. The van der Waals surface area contributed by atoms with Gasteiger partial charge < -0.3 is 11.1 Å². The average Bonchev–Trinajstić information content (AvgIpc) is 3.25. The van der Waals surface area contributed by atoms with Gasteiger partial charge in [-0.2, -0.15) is 0 Å². The van der Waals surface area contributed by atoms with Crippen LogP contribution in [-0.4, -0.2) is 24.0 Å². The van der Waals surface area contributed by atoms with Crippen LogP contribution in [0.25, 0.3) is 10.9 Å². The molecule has 4 heteroatoms. The quantitative estimate of drug-likeness (QED) is 0.892. The smallest absolute Gasteiger partial charge is 0.251 e. The van der Waals surface area contributed by atoms with E-state index in [1.165, 1.54) is 0 Å². The molecule has 2 aromatic rings. The van der Waals surface area contributed by atoms with Gasteiger partial charge in [0, 0.05) is 28.6 Å². The standard InChI is InChI=1S/C16H19N3O/c1-11-2-3-12-8-13(4-5-14(12)19-11)15(20)18-10-16(9-17)6-7-16/h2-5,8H,6-7,9-10,17H2,1H3,(H,18,20). The third-order valence-corrected chi connectivity index (χ3v) is 4.10. The van der Waals surface area contributed by atoms with Crippen LogP contribution in [0.5, 0.6) is 0 Å². The number of hydrogen-bond acceptors (Lipinski definition) is 3. The minimum absolute atomic E-state index is 0.0350. The van der Waals surface area contributed by atoms with Crippen molar-refractivity contribution in [3.05, 3.63) is 41.6 Å². The maximum absolute atomic E-state index is 12.2. The van der Waals surface area contributed by atoms with E-state index in [4.69, 9.17) is 5.73 Å². The van der Waals surface area contributed by atoms with E-state index < -0.39 is 0 Å². The molecule has 0 saturated heterocycles. The number of nitrogens with one attached hydrogen (secondary N) is 1. The van der Waals surface area contributed by atoms with Gasteiger partial charge in [0.05, 0.1) is 5.52 Å². The molecular formula is C16H19N3O. The summed E-state index contributed by atoms with van der Waals surface area (Å²) in [6.07, 6.45) is 2.23. The van der Waals surface area contributed by atoms with Gasteiger partial charge >= 0.3 is 0 Å². The Hall–Kier alpha value is -1.94. The normalized spacial score (nSPS) is 16.1. The number of benzene rings is 1. The summed E-state index contributed by atoms with van der Waals surface area (Å²) in [6.45, 7) is 3.28. The first kappa shape index (κ1) is 13.1. The van der Waals surface area contributed by atoms with Crippen molar-refractivity contribution in [3.63, 3.8) is 0 Å². The fraction of sp³-hybridized carbons (Fsp3) is 0.375. The molecule has 0 atom stereocenters. The molecule has 3 rings (SSSR count). The largest absolute Gasteiger partial charge is 0.351 e. The SMILES string of the molecule is Cc1ccc2cc(C(=O)NCC3(CN)CC3)ccc2n1. The molecule has 0 spiro atoms. The number of pyridine rings is 1. The molecule has 3 N–H and O–H groups in total. The highest BCUT2D eigenvalue weighted by Crippen LogP contribution is 2.43. The minimum atomic E-state index is -0.0350. The highest BCUT2D eigenvalue weighted by Gasteiger charge is 2.41. The Morgan fingerprint density at radius 1 is 1.35 bits per heavy atom. The summed E-state index contributed by atoms with van der Waals surface area (Å²) in [4.78, 5) is 16.6. The lowest BCUT2D eigenvalue weighted by Crippen LogP contribution is -2.33. The van der Waals surface area contributed by atoms with Gasteiger partial charge in [-0.3, -0.25) is 9.78 Å². The van der Waals surface area contributed by atoms with Gasteiger partial charge in [0.25, 0.3) is 5.91 Å². The van der Waals surface area contributed by atoms with Gasteiger partial charge in [-0.15, -0.1) is 0 Å². The van der Waals surface area contributed by atoms with E-state index in [1.807, 2.05) is 37.3 Å². The van der Waals surface area contributed by atoms with E-state index in [1.54, 1.807) is 0 Å². The van der Waals surface area contributed by atoms with E-state index in [2.05, 4.69) is 10.3 Å². The summed E-state index contributed by atoms with van der Waals surface area (Å²) in [5.41, 5.74) is 8.46. The predicted octanol–water partition coefficient (Wildman–Crippen LogP) is 2.01. The zero-order valence-electron chi connectivity index (χ0n) is 11.6.